The van der Waals surface area contributed by atoms with Crippen molar-refractivity contribution in [3.63, 3.8) is 0 Å². The second-order valence-corrected chi connectivity index (χ2v) is 7.40. The lowest BCUT2D eigenvalue weighted by Crippen LogP contribution is -2.23. The quantitative estimate of drug-likeness (QED) is 0.481. The zero-order valence-corrected chi connectivity index (χ0v) is 16.5. The fourth-order valence-electron chi connectivity index (χ4n) is 3.04. The summed E-state index contributed by atoms with van der Waals surface area (Å²) in [5, 5.41) is 2.76. The number of rotatable bonds is 5. The second-order valence-electron chi connectivity index (χ2n) is 6.48. The van der Waals surface area contributed by atoms with Gasteiger partial charge in [-0.15, -0.1) is 0 Å². The van der Waals surface area contributed by atoms with Crippen molar-refractivity contribution >= 4 is 32.9 Å². The Morgan fingerprint density at radius 1 is 1.04 bits per heavy atom. The van der Waals surface area contributed by atoms with E-state index >= 15 is 0 Å². The molecule has 4 aromatic rings. The van der Waals surface area contributed by atoms with Crippen LogP contribution in [0.25, 0.3) is 11.0 Å². The van der Waals surface area contributed by atoms with Crippen molar-refractivity contribution < 1.29 is 9.18 Å². The first-order valence-corrected chi connectivity index (χ1v) is 9.60. The van der Waals surface area contributed by atoms with Gasteiger partial charge in [-0.1, -0.05) is 52.3 Å². The Hall–Kier alpha value is -2.99. The first-order valence-electron chi connectivity index (χ1n) is 8.81. The molecular weight excluding hydrogens is 421 g/mol. The van der Waals surface area contributed by atoms with E-state index in [4.69, 9.17) is 0 Å². The van der Waals surface area contributed by atoms with E-state index in [-0.39, 0.29) is 5.56 Å². The molecule has 1 heterocycles. The van der Waals surface area contributed by atoms with Crippen molar-refractivity contribution in [2.24, 2.45) is 0 Å². The minimum absolute atomic E-state index is 0.0259. The fraction of sp³-hybridized carbons (Fsp3) is 0.0909. The van der Waals surface area contributed by atoms with Gasteiger partial charge >= 0.3 is 0 Å². The molecule has 4 nitrogen and oxygen atoms in total. The molecule has 0 radical (unpaired) electrons. The number of halogens is 2. The van der Waals surface area contributed by atoms with Gasteiger partial charge in [0.2, 0.25) is 0 Å². The van der Waals surface area contributed by atoms with Crippen molar-refractivity contribution in [1.29, 1.82) is 0 Å². The van der Waals surface area contributed by atoms with Gasteiger partial charge in [-0.05, 0) is 41.5 Å². The molecule has 0 fully saturated rings. The monoisotopic (exact) mass is 437 g/mol. The van der Waals surface area contributed by atoms with Crippen molar-refractivity contribution in [1.82, 2.24) is 14.9 Å². The molecule has 0 unspecified atom stereocenters. The normalized spacial score (nSPS) is 10.9. The molecule has 0 aliphatic rings. The van der Waals surface area contributed by atoms with E-state index in [1.54, 1.807) is 6.07 Å². The first kappa shape index (κ1) is 18.4. The predicted molar refractivity (Wildman–Crippen MR) is 111 cm³/mol. The number of nitrogens with zero attached hydrogens (tertiary/aromatic N) is 2. The SMILES string of the molecule is O=C(NCc1ccc(Cn2cnc3ccccc32)cc1)c1cc(Br)ccc1F. The van der Waals surface area contributed by atoms with Crippen LogP contribution in [-0.4, -0.2) is 15.5 Å². The van der Waals surface area contributed by atoms with E-state index < -0.39 is 11.7 Å². The third-order valence-corrected chi connectivity index (χ3v) is 5.02. The van der Waals surface area contributed by atoms with Crippen LogP contribution in [0.5, 0.6) is 0 Å². The number of para-hydroxylation sites is 2. The van der Waals surface area contributed by atoms with Crippen LogP contribution in [0.15, 0.2) is 77.5 Å². The number of carbonyl (C=O) groups excluding carboxylic acids is 1. The molecule has 1 aromatic heterocycles. The van der Waals surface area contributed by atoms with Crippen LogP contribution < -0.4 is 5.32 Å². The minimum Gasteiger partial charge on any atom is -0.348 e. The highest BCUT2D eigenvalue weighted by Crippen LogP contribution is 2.16. The number of aromatic nitrogens is 2. The van der Waals surface area contributed by atoms with Gasteiger partial charge in [0.25, 0.3) is 5.91 Å². The summed E-state index contributed by atoms with van der Waals surface area (Å²) in [6.45, 7) is 1.05. The average molecular weight is 438 g/mol. The van der Waals surface area contributed by atoms with E-state index in [0.29, 0.717) is 11.0 Å². The standard InChI is InChI=1S/C22H17BrFN3O/c23-17-9-10-19(24)18(11-17)22(28)25-12-15-5-7-16(8-6-15)13-27-14-26-20-3-1-2-4-21(20)27/h1-11,14H,12-13H2,(H,25,28). The number of imidazole rings is 1. The van der Waals surface area contributed by atoms with Crippen molar-refractivity contribution in [2.45, 2.75) is 13.1 Å². The molecule has 0 bridgehead atoms. The number of hydrogen-bond acceptors (Lipinski definition) is 2. The Labute approximate surface area is 170 Å². The average Bonchev–Trinajstić information content (AvgIpc) is 3.12. The minimum atomic E-state index is -0.538. The summed E-state index contributed by atoms with van der Waals surface area (Å²) in [5.74, 6) is -0.976. The maximum Gasteiger partial charge on any atom is 0.254 e. The molecule has 0 aliphatic carbocycles. The summed E-state index contributed by atoms with van der Waals surface area (Å²) in [6, 6.07) is 20.3. The Morgan fingerprint density at radius 2 is 1.79 bits per heavy atom. The van der Waals surface area contributed by atoms with Crippen molar-refractivity contribution in [3.05, 3.63) is 100 Å². The number of hydrogen-bond donors (Lipinski definition) is 1. The highest BCUT2D eigenvalue weighted by molar-refractivity contribution is 9.10. The van der Waals surface area contributed by atoms with Crippen LogP contribution >= 0.6 is 15.9 Å². The fourth-order valence-corrected chi connectivity index (χ4v) is 3.41. The molecule has 1 N–H and O–H groups in total. The van der Waals surface area contributed by atoms with Gasteiger partial charge < -0.3 is 9.88 Å². The summed E-state index contributed by atoms with van der Waals surface area (Å²) >= 11 is 3.25. The topological polar surface area (TPSA) is 46.9 Å². The highest BCUT2D eigenvalue weighted by Gasteiger charge is 2.12. The van der Waals surface area contributed by atoms with Crippen LogP contribution in [0.3, 0.4) is 0 Å². The second kappa shape index (κ2) is 7.94. The van der Waals surface area contributed by atoms with Crippen LogP contribution in [-0.2, 0) is 13.1 Å². The summed E-state index contributed by atoms with van der Waals surface area (Å²) in [7, 11) is 0. The maximum absolute atomic E-state index is 13.8. The molecule has 0 aliphatic heterocycles. The Morgan fingerprint density at radius 3 is 2.61 bits per heavy atom. The van der Waals surface area contributed by atoms with Gasteiger partial charge in [0.05, 0.1) is 22.9 Å². The number of carbonyl (C=O) groups is 1. The molecule has 0 atom stereocenters. The lowest BCUT2D eigenvalue weighted by molar-refractivity contribution is 0.0947. The van der Waals surface area contributed by atoms with E-state index in [0.717, 1.165) is 28.7 Å². The molecule has 0 saturated carbocycles. The lowest BCUT2D eigenvalue weighted by Gasteiger charge is -2.09. The van der Waals surface area contributed by atoms with Crippen LogP contribution in [0.2, 0.25) is 0 Å². The Kier molecular flexibility index (Phi) is 5.21. The van der Waals surface area contributed by atoms with E-state index in [1.807, 2.05) is 54.9 Å². The summed E-state index contributed by atoms with van der Waals surface area (Å²) < 4.78 is 16.6. The van der Waals surface area contributed by atoms with Gasteiger partial charge in [-0.25, -0.2) is 9.37 Å². The van der Waals surface area contributed by atoms with Gasteiger partial charge in [-0.3, -0.25) is 4.79 Å². The highest BCUT2D eigenvalue weighted by atomic mass is 79.9. The number of benzene rings is 3. The first-order chi connectivity index (χ1) is 13.6. The lowest BCUT2D eigenvalue weighted by atomic mass is 10.1. The van der Waals surface area contributed by atoms with Gasteiger partial charge in [0.1, 0.15) is 5.82 Å². The summed E-state index contributed by atoms with van der Waals surface area (Å²) in [5.41, 5.74) is 4.17. The van der Waals surface area contributed by atoms with Crippen molar-refractivity contribution in [3.8, 4) is 0 Å². The van der Waals surface area contributed by atoms with E-state index in [1.165, 1.54) is 12.1 Å². The summed E-state index contributed by atoms with van der Waals surface area (Å²) in [6.07, 6.45) is 1.84. The number of nitrogens with one attached hydrogen (secondary N) is 1. The molecule has 6 heteroatoms. The zero-order valence-electron chi connectivity index (χ0n) is 14.9. The third-order valence-electron chi connectivity index (χ3n) is 4.53. The molecule has 1 amide bonds. The molecule has 0 spiro atoms. The molecular formula is C22H17BrFN3O. The van der Waals surface area contributed by atoms with Gasteiger partial charge in [0, 0.05) is 17.6 Å². The third kappa shape index (κ3) is 3.97. The van der Waals surface area contributed by atoms with Gasteiger partial charge in [-0.2, -0.15) is 0 Å². The smallest absolute Gasteiger partial charge is 0.254 e. The Balaban J connectivity index is 1.41. The predicted octanol–water partition coefficient (Wildman–Crippen LogP) is 4.92. The largest absolute Gasteiger partial charge is 0.348 e. The van der Waals surface area contributed by atoms with Crippen LogP contribution in [0.4, 0.5) is 4.39 Å². The molecule has 28 heavy (non-hydrogen) atoms. The molecule has 0 saturated heterocycles. The molecule has 3 aromatic carbocycles. The molecule has 4 rings (SSSR count). The van der Waals surface area contributed by atoms with Gasteiger partial charge in [0.15, 0.2) is 0 Å². The number of fused-ring (bicyclic) bond motifs is 1. The van der Waals surface area contributed by atoms with Crippen LogP contribution in [0.1, 0.15) is 21.5 Å². The maximum atomic E-state index is 13.8. The van der Waals surface area contributed by atoms with Crippen molar-refractivity contribution in [2.75, 3.05) is 0 Å². The van der Waals surface area contributed by atoms with E-state index in [2.05, 4.69) is 30.8 Å². The summed E-state index contributed by atoms with van der Waals surface area (Å²) in [4.78, 5) is 16.6. The zero-order chi connectivity index (χ0) is 19.5. The molecule has 140 valence electrons. The number of amides is 1. The Bertz CT molecular complexity index is 1140. The van der Waals surface area contributed by atoms with Crippen LogP contribution in [0, 0.1) is 5.82 Å². The van der Waals surface area contributed by atoms with E-state index in [9.17, 15) is 9.18 Å².